The second-order valence-electron chi connectivity index (χ2n) is 4.41. The highest BCUT2D eigenvalue weighted by Gasteiger charge is 2.14. The molecule has 0 aliphatic rings. The predicted octanol–water partition coefficient (Wildman–Crippen LogP) is 2.29. The van der Waals surface area contributed by atoms with Crippen molar-refractivity contribution in [2.75, 3.05) is 0 Å². The molecule has 4 rings (SSSR count). The average Bonchev–Trinajstić information content (AvgIpc) is 3.20. The Kier molecular flexibility index (Phi) is 2.50. The summed E-state index contributed by atoms with van der Waals surface area (Å²) in [6.45, 7) is 0.167. The highest BCUT2D eigenvalue weighted by Crippen LogP contribution is 2.18. The van der Waals surface area contributed by atoms with Gasteiger partial charge in [0.25, 0.3) is 5.89 Å². The number of para-hydroxylation sites is 2. The molecular weight excluding hydrogens is 274 g/mol. The van der Waals surface area contributed by atoms with Gasteiger partial charge in [-0.3, -0.25) is 4.57 Å². The molecule has 3 aromatic heterocycles. The van der Waals surface area contributed by atoms with E-state index < -0.39 is 5.76 Å². The molecule has 4 aromatic rings. The monoisotopic (exact) mass is 283 g/mol. The number of nitrogens with zero attached hydrogens (tertiary/aromatic N) is 3. The van der Waals surface area contributed by atoms with Crippen molar-refractivity contribution in [3.63, 3.8) is 0 Å². The third kappa shape index (κ3) is 1.95. The third-order valence-electron chi connectivity index (χ3n) is 3.07. The summed E-state index contributed by atoms with van der Waals surface area (Å²) >= 11 is 0. The Labute approximate surface area is 117 Å². The van der Waals surface area contributed by atoms with E-state index >= 15 is 0 Å². The zero-order valence-electron chi connectivity index (χ0n) is 10.7. The fraction of sp³-hybridized carbons (Fsp3) is 0.0714. The van der Waals surface area contributed by atoms with Crippen LogP contribution in [-0.4, -0.2) is 14.7 Å². The summed E-state index contributed by atoms with van der Waals surface area (Å²) in [5, 5.41) is 3.85. The van der Waals surface area contributed by atoms with Crippen molar-refractivity contribution in [3.05, 3.63) is 59.0 Å². The Morgan fingerprint density at radius 3 is 2.90 bits per heavy atom. The first kappa shape index (κ1) is 11.7. The largest absolute Gasteiger partial charge is 0.459 e. The van der Waals surface area contributed by atoms with Crippen LogP contribution in [0.25, 0.3) is 22.8 Å². The van der Waals surface area contributed by atoms with Gasteiger partial charge in [0.05, 0.1) is 18.3 Å². The van der Waals surface area contributed by atoms with Gasteiger partial charge in [0.15, 0.2) is 17.2 Å². The van der Waals surface area contributed by atoms with Gasteiger partial charge in [-0.15, -0.1) is 0 Å². The summed E-state index contributed by atoms with van der Waals surface area (Å²) in [7, 11) is 0. The SMILES string of the molecule is O=c1oc2ccccc2n1Cc1noc(-c2ccco2)n1. The fourth-order valence-corrected chi connectivity index (χ4v) is 2.12. The fourth-order valence-electron chi connectivity index (χ4n) is 2.12. The number of hydrogen-bond donors (Lipinski definition) is 0. The number of aromatic nitrogens is 3. The average molecular weight is 283 g/mol. The van der Waals surface area contributed by atoms with Crippen LogP contribution in [0, 0.1) is 0 Å². The maximum absolute atomic E-state index is 11.9. The topological polar surface area (TPSA) is 87.2 Å². The Morgan fingerprint density at radius 1 is 1.14 bits per heavy atom. The molecule has 0 radical (unpaired) electrons. The van der Waals surface area contributed by atoms with E-state index in [1.807, 2.05) is 6.07 Å². The Balaban J connectivity index is 1.72. The third-order valence-corrected chi connectivity index (χ3v) is 3.07. The van der Waals surface area contributed by atoms with Crippen molar-refractivity contribution in [2.24, 2.45) is 0 Å². The maximum Gasteiger partial charge on any atom is 0.420 e. The number of oxazole rings is 1. The van der Waals surface area contributed by atoms with Crippen LogP contribution in [-0.2, 0) is 6.54 Å². The lowest BCUT2D eigenvalue weighted by atomic mass is 10.3. The molecule has 0 spiro atoms. The molecule has 0 aliphatic carbocycles. The van der Waals surface area contributed by atoms with E-state index in [1.165, 1.54) is 10.8 Å². The van der Waals surface area contributed by atoms with Crippen molar-refractivity contribution in [2.45, 2.75) is 6.54 Å². The molecule has 104 valence electrons. The molecule has 0 unspecified atom stereocenters. The molecule has 0 N–H and O–H groups in total. The molecule has 0 fully saturated rings. The molecule has 3 heterocycles. The summed E-state index contributed by atoms with van der Waals surface area (Å²) in [4.78, 5) is 16.1. The van der Waals surface area contributed by atoms with Crippen LogP contribution in [0.1, 0.15) is 5.82 Å². The molecular formula is C14H9N3O4. The summed E-state index contributed by atoms with van der Waals surface area (Å²) in [5.74, 6) is 0.671. The first-order chi connectivity index (χ1) is 10.3. The second kappa shape index (κ2) is 4.48. The minimum absolute atomic E-state index is 0.167. The smallest absolute Gasteiger partial charge is 0.420 e. The van der Waals surface area contributed by atoms with Crippen molar-refractivity contribution in [1.82, 2.24) is 14.7 Å². The van der Waals surface area contributed by atoms with Gasteiger partial charge in [0.1, 0.15) is 0 Å². The molecule has 0 saturated heterocycles. The van der Waals surface area contributed by atoms with E-state index in [2.05, 4.69) is 10.1 Å². The van der Waals surface area contributed by atoms with E-state index in [-0.39, 0.29) is 12.4 Å². The molecule has 0 bridgehead atoms. The normalized spacial score (nSPS) is 11.2. The number of hydrogen-bond acceptors (Lipinski definition) is 6. The number of furan rings is 1. The van der Waals surface area contributed by atoms with Gasteiger partial charge in [0, 0.05) is 0 Å². The van der Waals surface area contributed by atoms with E-state index in [1.54, 1.807) is 30.3 Å². The minimum Gasteiger partial charge on any atom is -0.459 e. The molecule has 0 atom stereocenters. The van der Waals surface area contributed by atoms with Crippen LogP contribution >= 0.6 is 0 Å². The zero-order chi connectivity index (χ0) is 14.2. The number of benzene rings is 1. The first-order valence-corrected chi connectivity index (χ1v) is 6.26. The van der Waals surface area contributed by atoms with E-state index in [4.69, 9.17) is 13.4 Å². The molecule has 0 saturated carbocycles. The van der Waals surface area contributed by atoms with Gasteiger partial charge in [-0.25, -0.2) is 4.79 Å². The van der Waals surface area contributed by atoms with Gasteiger partial charge in [-0.1, -0.05) is 17.3 Å². The molecule has 7 heteroatoms. The molecule has 0 amide bonds. The van der Waals surface area contributed by atoms with Crippen LogP contribution < -0.4 is 5.76 Å². The Bertz CT molecular complexity index is 946. The van der Waals surface area contributed by atoms with Crippen LogP contribution in [0.15, 0.2) is 60.8 Å². The van der Waals surface area contributed by atoms with Gasteiger partial charge in [0.2, 0.25) is 0 Å². The van der Waals surface area contributed by atoms with Crippen LogP contribution in [0.3, 0.4) is 0 Å². The highest BCUT2D eigenvalue weighted by atomic mass is 16.5. The van der Waals surface area contributed by atoms with Gasteiger partial charge >= 0.3 is 5.76 Å². The molecule has 7 nitrogen and oxygen atoms in total. The Morgan fingerprint density at radius 2 is 2.05 bits per heavy atom. The quantitative estimate of drug-likeness (QED) is 0.573. The number of rotatable bonds is 3. The highest BCUT2D eigenvalue weighted by molar-refractivity contribution is 5.72. The molecule has 0 aliphatic heterocycles. The summed E-state index contributed by atoms with van der Waals surface area (Å²) in [6, 6.07) is 10.6. The predicted molar refractivity (Wildman–Crippen MR) is 71.6 cm³/mol. The summed E-state index contributed by atoms with van der Waals surface area (Å²) in [5.41, 5.74) is 1.21. The van der Waals surface area contributed by atoms with Crippen molar-refractivity contribution < 1.29 is 13.4 Å². The zero-order valence-corrected chi connectivity index (χ0v) is 10.7. The van der Waals surface area contributed by atoms with Crippen LogP contribution in [0.4, 0.5) is 0 Å². The first-order valence-electron chi connectivity index (χ1n) is 6.26. The van der Waals surface area contributed by atoms with E-state index in [0.29, 0.717) is 22.7 Å². The van der Waals surface area contributed by atoms with Crippen LogP contribution in [0.2, 0.25) is 0 Å². The van der Waals surface area contributed by atoms with Crippen molar-refractivity contribution in [3.8, 4) is 11.7 Å². The summed E-state index contributed by atoms with van der Waals surface area (Å²) < 4.78 is 16.9. The maximum atomic E-state index is 11.9. The Hall–Kier alpha value is -3.09. The molecule has 21 heavy (non-hydrogen) atoms. The van der Waals surface area contributed by atoms with E-state index in [9.17, 15) is 4.79 Å². The minimum atomic E-state index is -0.458. The van der Waals surface area contributed by atoms with Gasteiger partial charge in [-0.05, 0) is 24.3 Å². The lowest BCUT2D eigenvalue weighted by Gasteiger charge is -1.96. The number of fused-ring (bicyclic) bond motifs is 1. The van der Waals surface area contributed by atoms with Crippen molar-refractivity contribution >= 4 is 11.1 Å². The van der Waals surface area contributed by atoms with E-state index in [0.717, 1.165) is 0 Å². The van der Waals surface area contributed by atoms with Crippen molar-refractivity contribution in [1.29, 1.82) is 0 Å². The summed E-state index contributed by atoms with van der Waals surface area (Å²) in [6.07, 6.45) is 1.52. The second-order valence-corrected chi connectivity index (χ2v) is 4.41. The van der Waals surface area contributed by atoms with Gasteiger partial charge < -0.3 is 13.4 Å². The lowest BCUT2D eigenvalue weighted by Crippen LogP contribution is -2.15. The molecule has 1 aromatic carbocycles. The van der Waals surface area contributed by atoms with Crippen LogP contribution in [0.5, 0.6) is 0 Å². The van der Waals surface area contributed by atoms with Gasteiger partial charge in [-0.2, -0.15) is 4.98 Å². The lowest BCUT2D eigenvalue weighted by molar-refractivity contribution is 0.406. The standard InChI is InChI=1S/C14H9N3O4/c18-14-17(9-4-1-2-5-10(9)20-14)8-12-15-13(21-16-12)11-6-3-7-19-11/h1-7H,8H2.